The van der Waals surface area contributed by atoms with Gasteiger partial charge in [-0.2, -0.15) is 31.1 Å². The van der Waals surface area contributed by atoms with E-state index in [-0.39, 0.29) is 5.01 Å². The van der Waals surface area contributed by atoms with Crippen LogP contribution in [-0.2, 0) is 6.18 Å². The fraction of sp³-hybridized carbons (Fsp3) is 0.429. The van der Waals surface area contributed by atoms with Gasteiger partial charge in [-0.1, -0.05) is 0 Å². The predicted octanol–water partition coefficient (Wildman–Crippen LogP) is 3.02. The molecule has 0 radical (unpaired) electrons. The Kier molecular flexibility index (Phi) is 3.07. The second-order valence-corrected chi connectivity index (χ2v) is 4.32. The third-order valence-electron chi connectivity index (χ3n) is 1.37. The Balaban J connectivity index is 3.24. The lowest BCUT2D eigenvalue weighted by molar-refractivity contribution is -0.141. The maximum atomic E-state index is 12.3. The topological polar surface area (TPSA) is 36.7 Å². The van der Waals surface area contributed by atoms with Gasteiger partial charge >= 0.3 is 6.18 Å². The first-order valence-electron chi connectivity index (χ1n) is 3.52. The van der Waals surface area contributed by atoms with Crippen molar-refractivity contribution >= 4 is 24.0 Å². The molecule has 1 aromatic heterocycles. The summed E-state index contributed by atoms with van der Waals surface area (Å²) in [6.07, 6.45) is -4.57. The highest BCUT2D eigenvalue weighted by Gasteiger charge is 2.37. The van der Waals surface area contributed by atoms with Crippen LogP contribution in [0.15, 0.2) is 0 Å². The predicted molar refractivity (Wildman–Crippen MR) is 49.2 cm³/mol. The van der Waals surface area contributed by atoms with Crippen LogP contribution >= 0.6 is 24.0 Å². The normalized spacial score (nSPS) is 13.7. The van der Waals surface area contributed by atoms with E-state index < -0.39 is 22.0 Å². The van der Waals surface area contributed by atoms with Gasteiger partial charge in [0.15, 0.2) is 5.69 Å². The van der Waals surface area contributed by atoms with E-state index in [1.807, 2.05) is 0 Å². The summed E-state index contributed by atoms with van der Waals surface area (Å²) in [6, 6.07) is 1.48. The third kappa shape index (κ3) is 2.19. The van der Waals surface area contributed by atoms with Crippen molar-refractivity contribution in [1.29, 1.82) is 5.26 Å². The maximum Gasteiger partial charge on any atom is 0.435 e. The number of nitrogens with zero attached hydrogens (tertiary/aromatic N) is 2. The first-order chi connectivity index (χ1) is 6.36. The van der Waals surface area contributed by atoms with Gasteiger partial charge in [0.05, 0.1) is 5.25 Å². The van der Waals surface area contributed by atoms with Crippen LogP contribution in [0.25, 0.3) is 0 Å². The molecule has 0 aliphatic rings. The van der Waals surface area contributed by atoms with Gasteiger partial charge in [0.1, 0.15) is 16.0 Å². The number of alkyl halides is 3. The Morgan fingerprint density at radius 2 is 2.14 bits per heavy atom. The second-order valence-electron chi connectivity index (χ2n) is 2.52. The van der Waals surface area contributed by atoms with Crippen LogP contribution in [0.3, 0.4) is 0 Å². The van der Waals surface area contributed by atoms with Crippen LogP contribution in [-0.4, -0.2) is 4.98 Å². The molecule has 7 heteroatoms. The molecule has 0 aliphatic heterocycles. The average Bonchev–Trinajstić information content (AvgIpc) is 2.46. The van der Waals surface area contributed by atoms with Gasteiger partial charge in [-0.15, -0.1) is 11.3 Å². The number of thiol groups is 1. The van der Waals surface area contributed by atoms with Crippen LogP contribution in [0.2, 0.25) is 0 Å². The molecule has 0 fully saturated rings. The van der Waals surface area contributed by atoms with Gasteiger partial charge in [0.2, 0.25) is 0 Å². The van der Waals surface area contributed by atoms with Gasteiger partial charge in [-0.3, -0.25) is 0 Å². The number of halogens is 3. The Morgan fingerprint density at radius 1 is 1.57 bits per heavy atom. The lowest BCUT2D eigenvalue weighted by Crippen LogP contribution is -2.07. The van der Waals surface area contributed by atoms with Gasteiger partial charge in [-0.25, -0.2) is 4.98 Å². The monoisotopic (exact) mass is 238 g/mol. The fourth-order valence-electron chi connectivity index (χ4n) is 0.783. The largest absolute Gasteiger partial charge is 0.435 e. The molecule has 14 heavy (non-hydrogen) atoms. The van der Waals surface area contributed by atoms with Crippen molar-refractivity contribution in [2.24, 2.45) is 0 Å². The number of hydrogen-bond donors (Lipinski definition) is 1. The van der Waals surface area contributed by atoms with E-state index in [4.69, 9.17) is 5.26 Å². The van der Waals surface area contributed by atoms with E-state index in [0.717, 1.165) is 11.3 Å². The van der Waals surface area contributed by atoms with Crippen molar-refractivity contribution in [3.8, 4) is 6.07 Å². The number of aromatic nitrogens is 1. The summed E-state index contributed by atoms with van der Waals surface area (Å²) in [6.45, 7) is 1.60. The lowest BCUT2D eigenvalue weighted by atomic mass is 10.3. The molecule has 0 N–H and O–H groups in total. The minimum atomic E-state index is -4.57. The van der Waals surface area contributed by atoms with Gasteiger partial charge in [0, 0.05) is 0 Å². The molecule has 1 unspecified atom stereocenters. The van der Waals surface area contributed by atoms with Crippen molar-refractivity contribution in [3.05, 3.63) is 15.6 Å². The summed E-state index contributed by atoms with van der Waals surface area (Å²) in [7, 11) is 0. The van der Waals surface area contributed by atoms with Crippen molar-refractivity contribution < 1.29 is 13.2 Å². The van der Waals surface area contributed by atoms with Crippen molar-refractivity contribution in [1.82, 2.24) is 4.98 Å². The highest BCUT2D eigenvalue weighted by Crippen LogP contribution is 2.36. The zero-order valence-electron chi connectivity index (χ0n) is 6.96. The summed E-state index contributed by atoms with van der Waals surface area (Å²) in [5.41, 5.74) is -1.11. The number of thiazole rings is 1. The number of rotatable bonds is 1. The quantitative estimate of drug-likeness (QED) is 0.763. The zero-order valence-corrected chi connectivity index (χ0v) is 8.67. The van der Waals surface area contributed by atoms with Gasteiger partial charge in [0.25, 0.3) is 0 Å². The van der Waals surface area contributed by atoms with Crippen LogP contribution < -0.4 is 0 Å². The summed E-state index contributed by atoms with van der Waals surface area (Å²) in [5, 5.41) is 8.28. The van der Waals surface area contributed by atoms with E-state index in [1.165, 1.54) is 6.07 Å². The molecular weight excluding hydrogens is 233 g/mol. The molecule has 0 spiro atoms. The first-order valence-corrected chi connectivity index (χ1v) is 4.85. The molecule has 1 atom stereocenters. The Hall–Kier alpha value is -0.740. The molecule has 0 saturated heterocycles. The molecule has 0 bridgehead atoms. The highest BCUT2D eigenvalue weighted by atomic mass is 32.1. The standard InChI is InChI=1S/C7H5F3N2S2/c1-3(13)6-12-5(7(8,9)10)4(2-11)14-6/h3,13H,1H3. The average molecular weight is 238 g/mol. The summed E-state index contributed by atoms with van der Waals surface area (Å²) < 4.78 is 36.8. The Bertz CT molecular complexity index is 375. The van der Waals surface area contributed by atoms with Gasteiger partial charge < -0.3 is 0 Å². The molecule has 0 saturated carbocycles. The van der Waals surface area contributed by atoms with E-state index in [0.29, 0.717) is 0 Å². The fourth-order valence-corrected chi connectivity index (χ4v) is 1.82. The highest BCUT2D eigenvalue weighted by molar-refractivity contribution is 7.80. The van der Waals surface area contributed by atoms with Crippen molar-refractivity contribution in [3.63, 3.8) is 0 Å². The summed E-state index contributed by atoms with van der Waals surface area (Å²) >= 11 is 4.68. The summed E-state index contributed by atoms with van der Waals surface area (Å²) in [4.78, 5) is 2.94. The minimum absolute atomic E-state index is 0.206. The Labute approximate surface area is 87.8 Å². The third-order valence-corrected chi connectivity index (χ3v) is 2.93. The zero-order chi connectivity index (χ0) is 10.9. The molecule has 1 heterocycles. The molecule has 1 rings (SSSR count). The molecule has 0 aliphatic carbocycles. The lowest BCUT2D eigenvalue weighted by Gasteiger charge is -2.01. The van der Waals surface area contributed by atoms with E-state index in [2.05, 4.69) is 17.6 Å². The van der Waals surface area contributed by atoms with Crippen LogP contribution in [0.4, 0.5) is 13.2 Å². The van der Waals surface area contributed by atoms with Gasteiger partial charge in [-0.05, 0) is 6.92 Å². The maximum absolute atomic E-state index is 12.3. The SMILES string of the molecule is CC(S)c1nc(C(F)(F)F)c(C#N)s1. The van der Waals surface area contributed by atoms with Crippen LogP contribution in [0.1, 0.15) is 27.8 Å². The van der Waals surface area contributed by atoms with Crippen LogP contribution in [0.5, 0.6) is 0 Å². The number of hydrogen-bond acceptors (Lipinski definition) is 4. The van der Waals surface area contributed by atoms with E-state index in [9.17, 15) is 13.2 Å². The molecule has 76 valence electrons. The molecule has 0 amide bonds. The molecule has 2 nitrogen and oxygen atoms in total. The molecular formula is C7H5F3N2S2. The van der Waals surface area contributed by atoms with Crippen molar-refractivity contribution in [2.75, 3.05) is 0 Å². The second kappa shape index (κ2) is 3.79. The molecule has 1 aromatic rings. The van der Waals surface area contributed by atoms with Crippen LogP contribution in [0, 0.1) is 11.3 Å². The summed E-state index contributed by atoms with van der Waals surface area (Å²) in [5.74, 6) is 0. The minimum Gasteiger partial charge on any atom is -0.234 e. The number of nitriles is 1. The molecule has 0 aromatic carbocycles. The first kappa shape index (κ1) is 11.3. The van der Waals surface area contributed by atoms with Crippen molar-refractivity contribution in [2.45, 2.75) is 18.3 Å². The smallest absolute Gasteiger partial charge is 0.234 e. The van der Waals surface area contributed by atoms with E-state index in [1.54, 1.807) is 6.92 Å². The van der Waals surface area contributed by atoms with E-state index >= 15 is 0 Å². The Morgan fingerprint density at radius 3 is 2.43 bits per heavy atom.